The van der Waals surface area contributed by atoms with Gasteiger partial charge in [0, 0.05) is 21.9 Å². The Kier molecular flexibility index (Phi) is 5.45. The van der Waals surface area contributed by atoms with E-state index < -0.39 is 17.5 Å². The van der Waals surface area contributed by atoms with Crippen molar-refractivity contribution in [1.29, 1.82) is 0 Å². The van der Waals surface area contributed by atoms with Crippen LogP contribution in [0.25, 0.3) is 21.9 Å². The van der Waals surface area contributed by atoms with Gasteiger partial charge in [-0.05, 0) is 71.4 Å². The molecule has 170 valence electrons. The quantitative estimate of drug-likeness (QED) is 0.255. The highest BCUT2D eigenvalue weighted by Crippen LogP contribution is 2.35. The van der Waals surface area contributed by atoms with Crippen molar-refractivity contribution in [2.75, 3.05) is 12.4 Å². The average molecular weight is 522 g/mol. The van der Waals surface area contributed by atoms with Crippen LogP contribution in [0.4, 0.5) is 10.1 Å². The summed E-state index contributed by atoms with van der Waals surface area (Å²) in [4.78, 5) is 26.6. The maximum absolute atomic E-state index is 13.7. The molecule has 34 heavy (non-hydrogen) atoms. The van der Waals surface area contributed by atoms with Gasteiger partial charge in [0.2, 0.25) is 5.78 Å². The minimum Gasteiger partial charge on any atom is -0.496 e. The van der Waals surface area contributed by atoms with E-state index in [2.05, 4.69) is 21.2 Å². The van der Waals surface area contributed by atoms with Gasteiger partial charge >= 0.3 is 0 Å². The zero-order valence-corrected chi connectivity index (χ0v) is 19.7. The molecule has 1 amide bonds. The Morgan fingerprint density at radius 2 is 1.68 bits per heavy atom. The summed E-state index contributed by atoms with van der Waals surface area (Å²) in [5.74, 6) is -0.846. The number of aryl methyl sites for hydroxylation is 1. The molecule has 0 aliphatic carbocycles. The van der Waals surface area contributed by atoms with Gasteiger partial charge in [0.05, 0.1) is 17.3 Å². The van der Waals surface area contributed by atoms with Gasteiger partial charge in [0.15, 0.2) is 11.5 Å². The van der Waals surface area contributed by atoms with Gasteiger partial charge in [-0.15, -0.1) is 0 Å². The van der Waals surface area contributed by atoms with Gasteiger partial charge in [-0.1, -0.05) is 12.1 Å². The number of furan rings is 2. The predicted molar refractivity (Wildman–Crippen MR) is 129 cm³/mol. The Labute approximate surface area is 201 Å². The van der Waals surface area contributed by atoms with Crippen molar-refractivity contribution in [2.45, 2.75) is 6.92 Å². The smallest absolute Gasteiger partial charge is 0.291 e. The predicted octanol–water partition coefficient (Wildman–Crippen LogP) is 6.88. The van der Waals surface area contributed by atoms with E-state index in [0.29, 0.717) is 43.3 Å². The van der Waals surface area contributed by atoms with E-state index in [4.69, 9.17) is 13.6 Å². The maximum Gasteiger partial charge on any atom is 0.291 e. The number of para-hydroxylation sites is 1. The number of hydrogen-bond acceptors (Lipinski definition) is 5. The van der Waals surface area contributed by atoms with Crippen molar-refractivity contribution in [3.05, 3.63) is 93.6 Å². The molecule has 6 nitrogen and oxygen atoms in total. The summed E-state index contributed by atoms with van der Waals surface area (Å²) in [6.07, 6.45) is 0. The number of amides is 1. The number of benzene rings is 3. The lowest BCUT2D eigenvalue weighted by molar-refractivity contribution is 0.0997. The van der Waals surface area contributed by atoms with Crippen LogP contribution < -0.4 is 10.1 Å². The number of anilines is 1. The first-order valence-corrected chi connectivity index (χ1v) is 11.1. The Morgan fingerprint density at radius 3 is 2.44 bits per heavy atom. The van der Waals surface area contributed by atoms with Crippen LogP contribution in [0.2, 0.25) is 0 Å². The van der Waals surface area contributed by atoms with E-state index in [1.807, 2.05) is 0 Å². The first-order chi connectivity index (χ1) is 16.4. The van der Waals surface area contributed by atoms with Crippen LogP contribution in [0.15, 0.2) is 74.0 Å². The number of rotatable bonds is 5. The molecule has 0 radical (unpaired) electrons. The normalized spacial score (nSPS) is 11.2. The van der Waals surface area contributed by atoms with E-state index >= 15 is 0 Å². The molecule has 0 aliphatic heterocycles. The highest BCUT2D eigenvalue weighted by atomic mass is 79.9. The second-order valence-electron chi connectivity index (χ2n) is 7.63. The number of carbonyl (C=O) groups is 2. The van der Waals surface area contributed by atoms with Crippen LogP contribution in [-0.2, 0) is 0 Å². The number of fused-ring (bicyclic) bond motifs is 2. The molecule has 2 heterocycles. The lowest BCUT2D eigenvalue weighted by Crippen LogP contribution is -2.14. The Bertz CT molecular complexity index is 1600. The van der Waals surface area contributed by atoms with Crippen molar-refractivity contribution in [1.82, 2.24) is 0 Å². The maximum atomic E-state index is 13.7. The Morgan fingerprint density at radius 1 is 0.941 bits per heavy atom. The molecule has 0 bridgehead atoms. The second kappa shape index (κ2) is 8.46. The standard InChI is InChI=1S/C26H17BrFNO5/c1-13-17-12-15(28)8-10-20(17)33-24(13)26(31)29-22-16-5-3-4-6-19(16)34-25(22)23(30)14-7-9-21(32-2)18(27)11-14/h3-12H,1-2H3,(H,29,31). The van der Waals surface area contributed by atoms with Crippen molar-refractivity contribution in [2.24, 2.45) is 0 Å². The topological polar surface area (TPSA) is 81.7 Å². The van der Waals surface area contributed by atoms with Crippen molar-refractivity contribution in [3.63, 3.8) is 0 Å². The SMILES string of the molecule is COc1ccc(C(=O)c2oc3ccccc3c2NC(=O)c2oc3ccc(F)cc3c2C)cc1Br. The van der Waals surface area contributed by atoms with E-state index in [1.54, 1.807) is 49.4 Å². The molecule has 0 saturated carbocycles. The molecule has 0 atom stereocenters. The number of nitrogens with one attached hydrogen (secondary N) is 1. The fourth-order valence-electron chi connectivity index (χ4n) is 3.85. The van der Waals surface area contributed by atoms with Crippen LogP contribution in [0.1, 0.15) is 32.2 Å². The van der Waals surface area contributed by atoms with Crippen molar-refractivity contribution >= 4 is 55.2 Å². The van der Waals surface area contributed by atoms with E-state index in [0.717, 1.165) is 0 Å². The van der Waals surface area contributed by atoms with E-state index in [-0.39, 0.29) is 17.2 Å². The minimum absolute atomic E-state index is 0.0218. The summed E-state index contributed by atoms with van der Waals surface area (Å²) in [5, 5.41) is 3.84. The van der Waals surface area contributed by atoms with Gasteiger partial charge in [0.25, 0.3) is 5.91 Å². The summed E-state index contributed by atoms with van der Waals surface area (Å²) in [6, 6.07) is 16.0. The largest absolute Gasteiger partial charge is 0.496 e. The zero-order valence-electron chi connectivity index (χ0n) is 18.1. The van der Waals surface area contributed by atoms with Crippen LogP contribution >= 0.6 is 15.9 Å². The molecule has 1 N–H and O–H groups in total. The molecular weight excluding hydrogens is 505 g/mol. The third-order valence-corrected chi connectivity index (χ3v) is 6.18. The molecule has 8 heteroatoms. The third-order valence-electron chi connectivity index (χ3n) is 5.56. The lowest BCUT2D eigenvalue weighted by atomic mass is 10.1. The second-order valence-corrected chi connectivity index (χ2v) is 8.49. The number of hydrogen-bond donors (Lipinski definition) is 1. The van der Waals surface area contributed by atoms with Gasteiger partial charge < -0.3 is 18.9 Å². The number of ketones is 1. The van der Waals surface area contributed by atoms with Gasteiger partial charge in [-0.2, -0.15) is 0 Å². The summed E-state index contributed by atoms with van der Waals surface area (Å²) >= 11 is 3.39. The Balaban J connectivity index is 1.58. The third kappa shape index (κ3) is 3.66. The molecule has 0 fully saturated rings. The van der Waals surface area contributed by atoms with Gasteiger partial charge in [-0.25, -0.2) is 4.39 Å². The lowest BCUT2D eigenvalue weighted by Gasteiger charge is -2.07. The number of halogens is 2. The Hall–Kier alpha value is -3.91. The first-order valence-electron chi connectivity index (χ1n) is 10.3. The summed E-state index contributed by atoms with van der Waals surface area (Å²) < 4.78 is 31.1. The zero-order chi connectivity index (χ0) is 24.0. The molecular formula is C26H17BrFNO5. The van der Waals surface area contributed by atoms with E-state index in [1.165, 1.54) is 25.3 Å². The van der Waals surface area contributed by atoms with Crippen LogP contribution in [0.5, 0.6) is 5.75 Å². The van der Waals surface area contributed by atoms with Crippen LogP contribution in [0, 0.1) is 12.7 Å². The molecule has 2 aromatic heterocycles. The average Bonchev–Trinajstić information content (AvgIpc) is 3.36. The minimum atomic E-state index is -0.578. The fourth-order valence-corrected chi connectivity index (χ4v) is 4.39. The highest BCUT2D eigenvalue weighted by molar-refractivity contribution is 9.10. The van der Waals surface area contributed by atoms with Gasteiger partial charge in [-0.3, -0.25) is 9.59 Å². The fraction of sp³-hybridized carbons (Fsp3) is 0.0769. The van der Waals surface area contributed by atoms with Crippen molar-refractivity contribution in [3.8, 4) is 5.75 Å². The molecule has 5 rings (SSSR count). The van der Waals surface area contributed by atoms with Crippen LogP contribution in [0.3, 0.4) is 0 Å². The van der Waals surface area contributed by atoms with E-state index in [9.17, 15) is 14.0 Å². The summed E-state index contributed by atoms with van der Waals surface area (Å²) in [7, 11) is 1.53. The number of ether oxygens (including phenoxy) is 1. The summed E-state index contributed by atoms with van der Waals surface area (Å²) in [6.45, 7) is 1.68. The molecule has 5 aromatic rings. The number of methoxy groups -OCH3 is 1. The molecule has 0 saturated heterocycles. The van der Waals surface area contributed by atoms with Crippen LogP contribution in [-0.4, -0.2) is 18.8 Å². The molecule has 0 spiro atoms. The van der Waals surface area contributed by atoms with Crippen molar-refractivity contribution < 1.29 is 27.6 Å². The number of carbonyl (C=O) groups excluding carboxylic acids is 2. The monoisotopic (exact) mass is 521 g/mol. The molecule has 0 unspecified atom stereocenters. The molecule has 3 aromatic carbocycles. The first kappa shape index (κ1) is 21.9. The molecule has 0 aliphatic rings. The highest BCUT2D eigenvalue weighted by Gasteiger charge is 2.26. The summed E-state index contributed by atoms with van der Waals surface area (Å²) in [5.41, 5.74) is 1.89. The van der Waals surface area contributed by atoms with Gasteiger partial charge in [0.1, 0.15) is 22.7 Å².